The van der Waals surface area contributed by atoms with Crippen LogP contribution in [0.3, 0.4) is 0 Å². The number of carbonyl (C=O) groups is 1. The maximum atomic E-state index is 12.0. The molecule has 0 saturated carbocycles. The molecule has 2 aromatic carbocycles. The first kappa shape index (κ1) is 25.5. The average molecular weight is 442 g/mol. The van der Waals surface area contributed by atoms with Gasteiger partial charge in [-0.15, -0.1) is 0 Å². The highest BCUT2D eigenvalue weighted by Crippen LogP contribution is 2.34. The summed E-state index contributed by atoms with van der Waals surface area (Å²) in [5, 5.41) is 11.6. The molecule has 174 valence electrons. The molecule has 0 fully saturated rings. The molecule has 2 aromatic rings. The monoisotopic (exact) mass is 441 g/mol. The lowest BCUT2D eigenvalue weighted by atomic mass is 9.86. The van der Waals surface area contributed by atoms with Gasteiger partial charge in [-0.05, 0) is 50.7 Å². The zero-order valence-corrected chi connectivity index (χ0v) is 19.4. The zero-order valence-electron chi connectivity index (χ0n) is 19.4. The first-order valence-electron chi connectivity index (χ1n) is 11.4. The van der Waals surface area contributed by atoms with E-state index in [-0.39, 0.29) is 17.4 Å². The Labute approximate surface area is 191 Å². The third kappa shape index (κ3) is 7.16. The molecule has 0 saturated heterocycles. The van der Waals surface area contributed by atoms with Gasteiger partial charge in [-0.2, -0.15) is 0 Å². The van der Waals surface area contributed by atoms with E-state index in [1.165, 1.54) is 0 Å². The van der Waals surface area contributed by atoms with Crippen molar-refractivity contribution in [2.45, 2.75) is 58.5 Å². The van der Waals surface area contributed by atoms with E-state index in [1.54, 1.807) is 0 Å². The van der Waals surface area contributed by atoms with Gasteiger partial charge in [0, 0.05) is 11.5 Å². The van der Waals surface area contributed by atoms with Crippen LogP contribution in [0, 0.1) is 15.5 Å². The van der Waals surface area contributed by atoms with E-state index in [4.69, 9.17) is 9.47 Å². The Hall–Kier alpha value is -2.73. The van der Waals surface area contributed by atoms with Crippen LogP contribution in [-0.4, -0.2) is 30.7 Å². The largest absolute Gasteiger partial charge is 0.465 e. The van der Waals surface area contributed by atoms with Crippen LogP contribution in [0.4, 0.5) is 0 Å². The van der Waals surface area contributed by atoms with Crippen molar-refractivity contribution in [1.82, 2.24) is 0 Å². The van der Waals surface area contributed by atoms with Crippen molar-refractivity contribution >= 4 is 5.97 Å². The number of nitro groups is 1. The van der Waals surface area contributed by atoms with Crippen molar-refractivity contribution in [3.8, 4) is 0 Å². The van der Waals surface area contributed by atoms with Crippen LogP contribution in [0.25, 0.3) is 0 Å². The van der Waals surface area contributed by atoms with Gasteiger partial charge in [0.1, 0.15) is 0 Å². The number of rotatable bonds is 14. The summed E-state index contributed by atoms with van der Waals surface area (Å²) in [6.07, 6.45) is 4.11. The molecule has 0 aliphatic heterocycles. The van der Waals surface area contributed by atoms with Crippen LogP contribution in [-0.2, 0) is 19.9 Å². The molecule has 0 N–H and O–H groups in total. The standard InChI is InChI=1S/C26H35NO5/c1-4-25(2,3)24(28)31-19-13-5-6-14-20-32-26(21-27(29)30,22-15-9-7-10-16-22)23-17-11-8-12-18-23/h7-12,15-18H,4-6,13-14,19-21H2,1-3H3. The fourth-order valence-electron chi connectivity index (χ4n) is 3.47. The normalized spacial score (nSPS) is 11.8. The number of ether oxygens (including phenoxy) is 2. The molecule has 0 aromatic heterocycles. The molecule has 0 radical (unpaired) electrons. The minimum atomic E-state index is -1.13. The van der Waals surface area contributed by atoms with Crippen molar-refractivity contribution in [3.05, 3.63) is 81.9 Å². The maximum Gasteiger partial charge on any atom is 0.311 e. The van der Waals surface area contributed by atoms with E-state index in [0.29, 0.717) is 13.2 Å². The molecular weight excluding hydrogens is 406 g/mol. The summed E-state index contributed by atoms with van der Waals surface area (Å²) >= 11 is 0. The fraction of sp³-hybridized carbons (Fsp3) is 0.500. The van der Waals surface area contributed by atoms with Crippen LogP contribution >= 0.6 is 0 Å². The molecule has 0 amide bonds. The lowest BCUT2D eigenvalue weighted by Gasteiger charge is -2.31. The highest BCUT2D eigenvalue weighted by atomic mass is 16.6. The van der Waals surface area contributed by atoms with Gasteiger partial charge in [0.25, 0.3) is 0 Å². The smallest absolute Gasteiger partial charge is 0.311 e. The highest BCUT2D eigenvalue weighted by Gasteiger charge is 2.40. The minimum absolute atomic E-state index is 0.154. The number of hydrogen-bond acceptors (Lipinski definition) is 5. The SMILES string of the molecule is CCC(C)(C)C(=O)OCCCCCCOC(C[N+](=O)[O-])(c1ccccc1)c1ccccc1. The summed E-state index contributed by atoms with van der Waals surface area (Å²) in [4.78, 5) is 23.3. The van der Waals surface area contributed by atoms with Crippen molar-refractivity contribution < 1.29 is 19.2 Å². The lowest BCUT2D eigenvalue weighted by molar-refractivity contribution is -0.501. The Morgan fingerprint density at radius 3 is 1.84 bits per heavy atom. The molecule has 0 aliphatic carbocycles. The summed E-state index contributed by atoms with van der Waals surface area (Å²) in [6, 6.07) is 18.8. The molecule has 0 bridgehead atoms. The first-order valence-corrected chi connectivity index (χ1v) is 11.4. The Bertz CT molecular complexity index is 796. The fourth-order valence-corrected chi connectivity index (χ4v) is 3.47. The Kier molecular flexibility index (Phi) is 9.85. The summed E-state index contributed by atoms with van der Waals surface area (Å²) in [5.41, 5.74) is -0.0298. The number of nitrogens with zero attached hydrogens (tertiary/aromatic N) is 1. The van der Waals surface area contributed by atoms with Gasteiger partial charge in [0.05, 0.1) is 12.0 Å². The molecule has 6 nitrogen and oxygen atoms in total. The Morgan fingerprint density at radius 2 is 1.38 bits per heavy atom. The van der Waals surface area contributed by atoms with E-state index < -0.39 is 11.0 Å². The summed E-state index contributed by atoms with van der Waals surface area (Å²) < 4.78 is 11.7. The van der Waals surface area contributed by atoms with Gasteiger partial charge in [-0.1, -0.05) is 74.0 Å². The summed E-state index contributed by atoms with van der Waals surface area (Å²) in [6.45, 7) is 6.24. The molecule has 32 heavy (non-hydrogen) atoms. The van der Waals surface area contributed by atoms with Crippen molar-refractivity contribution in [2.75, 3.05) is 19.8 Å². The molecule has 0 spiro atoms. The van der Waals surface area contributed by atoms with Crippen LogP contribution in [0.5, 0.6) is 0 Å². The third-order valence-corrected chi connectivity index (χ3v) is 5.89. The molecular formula is C26H35NO5. The number of esters is 1. The van der Waals surface area contributed by atoms with Crippen molar-refractivity contribution in [3.63, 3.8) is 0 Å². The van der Waals surface area contributed by atoms with E-state index in [0.717, 1.165) is 43.2 Å². The Morgan fingerprint density at radius 1 is 0.875 bits per heavy atom. The van der Waals surface area contributed by atoms with Gasteiger partial charge >= 0.3 is 5.97 Å². The van der Waals surface area contributed by atoms with Crippen LogP contribution < -0.4 is 0 Å². The van der Waals surface area contributed by atoms with Gasteiger partial charge < -0.3 is 9.47 Å². The van der Waals surface area contributed by atoms with Crippen LogP contribution in [0.1, 0.15) is 64.0 Å². The maximum absolute atomic E-state index is 12.0. The second kappa shape index (κ2) is 12.3. The van der Waals surface area contributed by atoms with Crippen LogP contribution in [0.15, 0.2) is 60.7 Å². The van der Waals surface area contributed by atoms with Crippen molar-refractivity contribution in [1.29, 1.82) is 0 Å². The predicted molar refractivity (Wildman–Crippen MR) is 125 cm³/mol. The average Bonchev–Trinajstić information content (AvgIpc) is 2.80. The topological polar surface area (TPSA) is 78.7 Å². The van der Waals surface area contributed by atoms with E-state index in [2.05, 4.69) is 0 Å². The summed E-state index contributed by atoms with van der Waals surface area (Å²) in [7, 11) is 0. The Balaban J connectivity index is 1.93. The second-order valence-electron chi connectivity index (χ2n) is 8.69. The first-order chi connectivity index (χ1) is 15.3. The zero-order chi connectivity index (χ0) is 23.5. The minimum Gasteiger partial charge on any atom is -0.465 e. The number of unbranched alkanes of at least 4 members (excludes halogenated alkanes) is 3. The third-order valence-electron chi connectivity index (χ3n) is 5.89. The number of hydrogen-bond donors (Lipinski definition) is 0. The molecule has 0 aliphatic rings. The van der Waals surface area contributed by atoms with E-state index in [1.807, 2.05) is 81.4 Å². The van der Waals surface area contributed by atoms with Crippen molar-refractivity contribution in [2.24, 2.45) is 5.41 Å². The highest BCUT2D eigenvalue weighted by molar-refractivity contribution is 5.75. The number of benzene rings is 2. The van der Waals surface area contributed by atoms with Gasteiger partial charge in [0.15, 0.2) is 5.60 Å². The lowest BCUT2D eigenvalue weighted by Crippen LogP contribution is -2.39. The molecule has 0 unspecified atom stereocenters. The molecule has 6 heteroatoms. The second-order valence-corrected chi connectivity index (χ2v) is 8.69. The summed E-state index contributed by atoms with van der Waals surface area (Å²) in [5.74, 6) is -0.154. The predicted octanol–water partition coefficient (Wildman–Crippen LogP) is 5.76. The van der Waals surface area contributed by atoms with E-state index >= 15 is 0 Å². The van der Waals surface area contributed by atoms with Gasteiger partial charge in [0.2, 0.25) is 6.54 Å². The molecule has 0 heterocycles. The number of carbonyl (C=O) groups excluding carboxylic acids is 1. The van der Waals surface area contributed by atoms with Gasteiger partial charge in [-0.25, -0.2) is 0 Å². The van der Waals surface area contributed by atoms with Crippen LogP contribution in [0.2, 0.25) is 0 Å². The van der Waals surface area contributed by atoms with Gasteiger partial charge in [-0.3, -0.25) is 14.9 Å². The molecule has 0 atom stereocenters. The quantitative estimate of drug-likeness (QED) is 0.161. The van der Waals surface area contributed by atoms with E-state index in [9.17, 15) is 14.9 Å². The molecule has 2 rings (SSSR count).